The maximum atomic E-state index is 12.4. The minimum absolute atomic E-state index is 0.379. The zero-order valence-electron chi connectivity index (χ0n) is 10.0. The summed E-state index contributed by atoms with van der Waals surface area (Å²) in [5.41, 5.74) is -0.0320. The molecular formula is C13H11F3N2O. The Bertz CT molecular complexity index is 570. The third-order valence-electron chi connectivity index (χ3n) is 2.43. The van der Waals surface area contributed by atoms with Gasteiger partial charge in [-0.1, -0.05) is 12.1 Å². The molecule has 0 fully saturated rings. The second kappa shape index (κ2) is 5.17. The molecule has 0 saturated carbocycles. The molecule has 0 atom stereocenters. The highest BCUT2D eigenvalue weighted by molar-refractivity contribution is 5.66. The summed E-state index contributed by atoms with van der Waals surface area (Å²) in [7, 11) is 1.71. The number of oxazole rings is 1. The van der Waals surface area contributed by atoms with Crippen LogP contribution >= 0.6 is 0 Å². The first-order chi connectivity index (χ1) is 8.99. The Morgan fingerprint density at radius 3 is 2.37 bits per heavy atom. The lowest BCUT2D eigenvalue weighted by molar-refractivity contribution is -0.137. The first-order valence-electron chi connectivity index (χ1n) is 5.47. The smallest absolute Gasteiger partial charge is 0.416 e. The Labute approximate surface area is 107 Å². The van der Waals surface area contributed by atoms with Gasteiger partial charge in [0.15, 0.2) is 5.82 Å². The van der Waals surface area contributed by atoms with Gasteiger partial charge in [0.05, 0.1) is 5.56 Å². The Hall–Kier alpha value is -2.24. The zero-order chi connectivity index (χ0) is 13.9. The fourth-order valence-electron chi connectivity index (χ4n) is 1.43. The van der Waals surface area contributed by atoms with Crippen molar-refractivity contribution in [3.05, 3.63) is 47.5 Å². The molecule has 0 radical (unpaired) electrons. The van der Waals surface area contributed by atoms with E-state index >= 15 is 0 Å². The molecule has 1 N–H and O–H groups in total. The van der Waals surface area contributed by atoms with Crippen molar-refractivity contribution >= 4 is 18.0 Å². The second-order valence-electron chi connectivity index (χ2n) is 3.77. The van der Waals surface area contributed by atoms with Crippen LogP contribution in [0.5, 0.6) is 0 Å². The van der Waals surface area contributed by atoms with Crippen LogP contribution in [0.25, 0.3) is 12.2 Å². The third-order valence-corrected chi connectivity index (χ3v) is 2.43. The van der Waals surface area contributed by atoms with Gasteiger partial charge in [-0.25, -0.2) is 0 Å². The molecule has 0 bridgehead atoms. The Morgan fingerprint density at radius 2 is 1.84 bits per heavy atom. The van der Waals surface area contributed by atoms with Gasteiger partial charge in [0, 0.05) is 13.1 Å². The average molecular weight is 268 g/mol. The summed E-state index contributed by atoms with van der Waals surface area (Å²) in [6.07, 6.45) is 0.355. The number of benzene rings is 1. The van der Waals surface area contributed by atoms with Gasteiger partial charge >= 0.3 is 6.18 Å². The lowest BCUT2D eigenvalue weighted by Crippen LogP contribution is -2.03. The van der Waals surface area contributed by atoms with Crippen molar-refractivity contribution in [3.8, 4) is 0 Å². The fraction of sp³-hybridized carbons (Fsp3) is 0.154. The van der Waals surface area contributed by atoms with Gasteiger partial charge in [0.25, 0.3) is 0 Å². The van der Waals surface area contributed by atoms with Gasteiger partial charge in [0.2, 0.25) is 5.89 Å². The first-order valence-corrected chi connectivity index (χ1v) is 5.47. The number of nitrogens with zero attached hydrogens (tertiary/aromatic N) is 1. The van der Waals surface area contributed by atoms with Crippen molar-refractivity contribution in [3.63, 3.8) is 0 Å². The molecule has 2 rings (SSSR count). The number of alkyl halides is 3. The molecule has 1 aromatic heterocycles. The van der Waals surface area contributed by atoms with Gasteiger partial charge in [-0.3, -0.25) is 0 Å². The number of hydrogen-bond donors (Lipinski definition) is 1. The predicted molar refractivity (Wildman–Crippen MR) is 66.4 cm³/mol. The minimum Gasteiger partial charge on any atom is -0.443 e. The van der Waals surface area contributed by atoms with Crippen LogP contribution in [0.4, 0.5) is 19.0 Å². The van der Waals surface area contributed by atoms with Crippen LogP contribution in [-0.4, -0.2) is 12.0 Å². The summed E-state index contributed by atoms with van der Waals surface area (Å²) >= 11 is 0. The van der Waals surface area contributed by atoms with Crippen LogP contribution in [0.15, 0.2) is 34.9 Å². The number of halogens is 3. The normalized spacial score (nSPS) is 12.0. The van der Waals surface area contributed by atoms with Crippen LogP contribution in [0.1, 0.15) is 17.0 Å². The van der Waals surface area contributed by atoms with Crippen LogP contribution in [-0.2, 0) is 6.18 Å². The van der Waals surface area contributed by atoms with E-state index in [1.807, 2.05) is 0 Å². The minimum atomic E-state index is -4.31. The van der Waals surface area contributed by atoms with E-state index in [0.717, 1.165) is 12.1 Å². The van der Waals surface area contributed by atoms with E-state index in [0.29, 0.717) is 17.3 Å². The van der Waals surface area contributed by atoms with Gasteiger partial charge in [-0.05, 0) is 23.8 Å². The largest absolute Gasteiger partial charge is 0.443 e. The predicted octanol–water partition coefficient (Wildman–Crippen LogP) is 3.91. The topological polar surface area (TPSA) is 38.1 Å². The molecule has 0 saturated heterocycles. The summed E-state index contributed by atoms with van der Waals surface area (Å²) in [4.78, 5) is 4.06. The van der Waals surface area contributed by atoms with Gasteiger partial charge in [-0.15, -0.1) is 0 Å². The van der Waals surface area contributed by atoms with E-state index in [9.17, 15) is 13.2 Å². The van der Waals surface area contributed by atoms with E-state index in [1.165, 1.54) is 18.4 Å². The summed E-state index contributed by atoms with van der Waals surface area (Å²) in [6.45, 7) is 0. The molecule has 0 aliphatic rings. The number of hydrogen-bond acceptors (Lipinski definition) is 3. The number of aromatic nitrogens is 1. The fourth-order valence-corrected chi connectivity index (χ4v) is 1.43. The molecule has 0 unspecified atom stereocenters. The number of anilines is 1. The molecule has 2 aromatic rings. The van der Waals surface area contributed by atoms with Crippen molar-refractivity contribution in [2.75, 3.05) is 12.4 Å². The summed E-state index contributed by atoms with van der Waals surface area (Å²) < 4.78 is 42.2. The van der Waals surface area contributed by atoms with Gasteiger partial charge < -0.3 is 9.73 Å². The number of rotatable bonds is 3. The van der Waals surface area contributed by atoms with Crippen molar-refractivity contribution in [2.45, 2.75) is 6.18 Å². The molecule has 0 aliphatic heterocycles. The highest BCUT2D eigenvalue weighted by Crippen LogP contribution is 2.29. The monoisotopic (exact) mass is 268 g/mol. The van der Waals surface area contributed by atoms with E-state index in [4.69, 9.17) is 4.42 Å². The zero-order valence-corrected chi connectivity index (χ0v) is 10.0. The Balaban J connectivity index is 2.11. The van der Waals surface area contributed by atoms with Crippen LogP contribution in [0.3, 0.4) is 0 Å². The molecule has 6 heteroatoms. The molecule has 0 aliphatic carbocycles. The number of nitrogens with one attached hydrogen (secondary N) is 1. The summed E-state index contributed by atoms with van der Waals surface area (Å²) in [6, 6.07) is 4.85. The molecule has 0 spiro atoms. The molecular weight excluding hydrogens is 257 g/mol. The van der Waals surface area contributed by atoms with Crippen molar-refractivity contribution in [2.24, 2.45) is 0 Å². The highest BCUT2D eigenvalue weighted by Gasteiger charge is 2.29. The SMILES string of the molecule is CNc1coc(C=Cc2ccc(C(F)(F)F)cc2)n1. The Kier molecular flexibility index (Phi) is 3.59. The maximum absolute atomic E-state index is 12.4. The second-order valence-corrected chi connectivity index (χ2v) is 3.77. The van der Waals surface area contributed by atoms with E-state index in [-0.39, 0.29) is 0 Å². The summed E-state index contributed by atoms with van der Waals surface area (Å²) in [5.74, 6) is 0.969. The summed E-state index contributed by atoms with van der Waals surface area (Å²) in [5, 5.41) is 2.81. The first kappa shape index (κ1) is 13.2. The standard InChI is InChI=1S/C13H11F3N2O/c1-17-11-8-19-12(18-11)7-4-9-2-5-10(6-3-9)13(14,15)16/h2-8,17H,1H3. The van der Waals surface area contributed by atoms with E-state index in [2.05, 4.69) is 10.3 Å². The van der Waals surface area contributed by atoms with Crippen molar-refractivity contribution in [1.82, 2.24) is 4.98 Å². The quantitative estimate of drug-likeness (QED) is 0.917. The van der Waals surface area contributed by atoms with Gasteiger partial charge in [0.1, 0.15) is 6.26 Å². The lowest BCUT2D eigenvalue weighted by Gasteiger charge is -2.05. The van der Waals surface area contributed by atoms with Crippen molar-refractivity contribution < 1.29 is 17.6 Å². The van der Waals surface area contributed by atoms with Crippen LogP contribution < -0.4 is 5.32 Å². The highest BCUT2D eigenvalue weighted by atomic mass is 19.4. The molecule has 19 heavy (non-hydrogen) atoms. The molecule has 0 amide bonds. The van der Waals surface area contributed by atoms with Crippen LogP contribution in [0.2, 0.25) is 0 Å². The third kappa shape index (κ3) is 3.37. The van der Waals surface area contributed by atoms with Crippen molar-refractivity contribution in [1.29, 1.82) is 0 Å². The van der Waals surface area contributed by atoms with Gasteiger partial charge in [-0.2, -0.15) is 18.2 Å². The van der Waals surface area contributed by atoms with E-state index in [1.54, 1.807) is 19.2 Å². The molecule has 1 aromatic carbocycles. The Morgan fingerprint density at radius 1 is 1.16 bits per heavy atom. The molecule has 100 valence electrons. The lowest BCUT2D eigenvalue weighted by atomic mass is 10.1. The molecule has 1 heterocycles. The average Bonchev–Trinajstić information content (AvgIpc) is 2.84. The molecule has 3 nitrogen and oxygen atoms in total. The van der Waals surface area contributed by atoms with E-state index < -0.39 is 11.7 Å². The maximum Gasteiger partial charge on any atom is 0.416 e. The van der Waals surface area contributed by atoms with Crippen LogP contribution in [0, 0.1) is 0 Å².